The smallest absolute Gasteiger partial charge is 0.308 e. The van der Waals surface area contributed by atoms with E-state index in [1.54, 1.807) is 18.2 Å². The van der Waals surface area contributed by atoms with Crippen LogP contribution in [0.3, 0.4) is 0 Å². The van der Waals surface area contributed by atoms with E-state index in [0.717, 1.165) is 12.3 Å². The van der Waals surface area contributed by atoms with Gasteiger partial charge in [0, 0.05) is 17.6 Å². The van der Waals surface area contributed by atoms with Gasteiger partial charge in [-0.25, -0.2) is 13.4 Å². The summed E-state index contributed by atoms with van der Waals surface area (Å²) in [4.78, 5) is 29.0. The Bertz CT molecular complexity index is 1110. The number of benzene rings is 1. The van der Waals surface area contributed by atoms with E-state index < -0.39 is 39.0 Å². The molecule has 1 N–H and O–H groups in total. The lowest BCUT2D eigenvalue weighted by Crippen LogP contribution is -2.33. The molecule has 1 aromatic carbocycles. The van der Waals surface area contributed by atoms with E-state index in [9.17, 15) is 18.0 Å². The summed E-state index contributed by atoms with van der Waals surface area (Å²) >= 11 is 3.17. The number of rotatable bonds is 7. The maximum Gasteiger partial charge on any atom is 0.308 e. The van der Waals surface area contributed by atoms with Crippen LogP contribution < -0.4 is 4.72 Å². The number of Topliss-reactive ketones (excluding diaryl/α,β-unsaturated/α-hetero) is 1. The molecule has 1 aromatic heterocycles. The Labute approximate surface area is 176 Å². The molecule has 0 saturated carbocycles. The van der Waals surface area contributed by atoms with Gasteiger partial charge in [0.05, 0.1) is 17.0 Å². The van der Waals surface area contributed by atoms with Crippen LogP contribution in [-0.2, 0) is 34.7 Å². The number of alkyl halides is 1. The summed E-state index contributed by atoms with van der Waals surface area (Å²) in [6, 6.07) is 10.7. The van der Waals surface area contributed by atoms with E-state index in [1.165, 1.54) is 6.92 Å². The van der Waals surface area contributed by atoms with Gasteiger partial charge in [0.25, 0.3) is 11.7 Å². The summed E-state index contributed by atoms with van der Waals surface area (Å²) in [6.45, 7) is 2.57. The number of carbonyl (C=O) groups excluding carboxylic acids is 2. The standard InChI is InChI=1S/C19H19BrN2O6S/c1-12(23)27-16-17(24)19(2,28-18(16)22-29(25,26)11-5-10-20)15-9-8-13-6-3-4-7-14(13)21-15/h3-4,6-9,22H,5,10-11H2,1-2H3. The molecular weight excluding hydrogens is 464 g/mol. The molecule has 0 spiro atoms. The van der Waals surface area contributed by atoms with Crippen LogP contribution in [0.4, 0.5) is 0 Å². The number of ketones is 1. The highest BCUT2D eigenvalue weighted by Gasteiger charge is 2.51. The van der Waals surface area contributed by atoms with Gasteiger partial charge >= 0.3 is 5.97 Å². The third-order valence-electron chi connectivity index (χ3n) is 4.28. The molecule has 2 aromatic rings. The Morgan fingerprint density at radius 3 is 2.69 bits per heavy atom. The topological polar surface area (TPSA) is 112 Å². The van der Waals surface area contributed by atoms with Gasteiger partial charge in [-0.3, -0.25) is 14.3 Å². The lowest BCUT2D eigenvalue weighted by molar-refractivity contribution is -0.142. The third-order valence-corrected chi connectivity index (χ3v) is 6.16. The highest BCUT2D eigenvalue weighted by Crippen LogP contribution is 2.38. The molecule has 8 nitrogen and oxygen atoms in total. The van der Waals surface area contributed by atoms with Crippen LogP contribution in [0.1, 0.15) is 26.0 Å². The summed E-state index contributed by atoms with van der Waals surface area (Å²) in [7, 11) is -3.81. The van der Waals surface area contributed by atoms with E-state index >= 15 is 0 Å². The fourth-order valence-electron chi connectivity index (χ4n) is 2.86. The predicted molar refractivity (Wildman–Crippen MR) is 109 cm³/mol. The number of pyridine rings is 1. The minimum absolute atomic E-state index is 0.197. The number of para-hydroxylation sites is 1. The molecule has 1 aliphatic heterocycles. The van der Waals surface area contributed by atoms with E-state index in [0.29, 0.717) is 17.3 Å². The molecule has 1 aliphatic rings. The second-order valence-corrected chi connectivity index (χ2v) is 9.20. The first kappa shape index (κ1) is 21.3. The number of hydrogen-bond acceptors (Lipinski definition) is 7. The molecule has 0 amide bonds. The zero-order valence-electron chi connectivity index (χ0n) is 15.8. The van der Waals surface area contributed by atoms with E-state index in [4.69, 9.17) is 9.47 Å². The number of nitrogens with zero attached hydrogens (tertiary/aromatic N) is 1. The van der Waals surface area contributed by atoms with Gasteiger partial charge in [0.2, 0.25) is 21.4 Å². The van der Waals surface area contributed by atoms with E-state index in [2.05, 4.69) is 25.6 Å². The van der Waals surface area contributed by atoms with Gasteiger partial charge in [-0.15, -0.1) is 0 Å². The predicted octanol–water partition coefficient (Wildman–Crippen LogP) is 2.49. The Morgan fingerprint density at radius 2 is 2.00 bits per heavy atom. The van der Waals surface area contributed by atoms with Crippen molar-refractivity contribution in [1.29, 1.82) is 0 Å². The second kappa shape index (κ2) is 8.11. The third kappa shape index (κ3) is 4.43. The minimum atomic E-state index is -3.81. The molecule has 0 aliphatic carbocycles. The lowest BCUT2D eigenvalue weighted by Gasteiger charge is -2.23. The zero-order valence-corrected chi connectivity index (χ0v) is 18.2. The Balaban J connectivity index is 2.00. The molecule has 0 fully saturated rings. The number of halogens is 1. The van der Waals surface area contributed by atoms with Crippen molar-refractivity contribution in [2.75, 3.05) is 11.1 Å². The van der Waals surface area contributed by atoms with Crippen LogP contribution in [0.25, 0.3) is 10.9 Å². The molecule has 0 radical (unpaired) electrons. The van der Waals surface area contributed by atoms with Crippen molar-refractivity contribution in [3.63, 3.8) is 0 Å². The first-order valence-corrected chi connectivity index (χ1v) is 11.5. The maximum atomic E-state index is 13.1. The Morgan fingerprint density at radius 1 is 1.28 bits per heavy atom. The van der Waals surface area contributed by atoms with Gasteiger partial charge in [0.1, 0.15) is 0 Å². The monoisotopic (exact) mass is 482 g/mol. The van der Waals surface area contributed by atoms with Gasteiger partial charge < -0.3 is 9.47 Å². The maximum absolute atomic E-state index is 13.1. The Kier molecular flexibility index (Phi) is 5.95. The van der Waals surface area contributed by atoms with Gasteiger partial charge in [-0.05, 0) is 25.5 Å². The van der Waals surface area contributed by atoms with Crippen LogP contribution in [0.5, 0.6) is 0 Å². The normalized spacial score (nSPS) is 19.3. The second-order valence-electron chi connectivity index (χ2n) is 6.57. The van der Waals surface area contributed by atoms with Gasteiger partial charge in [-0.1, -0.05) is 40.2 Å². The van der Waals surface area contributed by atoms with Crippen LogP contribution >= 0.6 is 15.9 Å². The summed E-state index contributed by atoms with van der Waals surface area (Å²) < 4.78 is 37.5. The number of fused-ring (bicyclic) bond motifs is 1. The molecule has 1 atom stereocenters. The minimum Gasteiger partial charge on any atom is -0.454 e. The number of esters is 1. The number of hydrogen-bond donors (Lipinski definition) is 1. The lowest BCUT2D eigenvalue weighted by atomic mass is 9.95. The molecule has 2 heterocycles. The number of nitrogens with one attached hydrogen (secondary N) is 1. The first-order chi connectivity index (χ1) is 13.7. The average molecular weight is 483 g/mol. The van der Waals surface area contributed by atoms with Crippen LogP contribution in [-0.4, -0.2) is 36.2 Å². The summed E-state index contributed by atoms with van der Waals surface area (Å²) in [5.74, 6) is -2.58. The number of sulfonamides is 1. The van der Waals surface area contributed by atoms with Crippen LogP contribution in [0.15, 0.2) is 48.0 Å². The molecule has 154 valence electrons. The van der Waals surface area contributed by atoms with Gasteiger partial charge in [-0.2, -0.15) is 0 Å². The fourth-order valence-corrected chi connectivity index (χ4v) is 4.55. The van der Waals surface area contributed by atoms with Gasteiger partial charge in [0.15, 0.2) is 0 Å². The molecule has 3 rings (SSSR count). The summed E-state index contributed by atoms with van der Waals surface area (Å²) in [5.41, 5.74) is -0.745. The molecule has 10 heteroatoms. The summed E-state index contributed by atoms with van der Waals surface area (Å²) in [5, 5.41) is 1.36. The number of ether oxygens (including phenoxy) is 2. The van der Waals surface area contributed by atoms with Crippen LogP contribution in [0, 0.1) is 0 Å². The Hall–Kier alpha value is -2.46. The van der Waals surface area contributed by atoms with Crippen molar-refractivity contribution < 1.29 is 27.5 Å². The largest absolute Gasteiger partial charge is 0.454 e. The van der Waals surface area contributed by atoms with Crippen molar-refractivity contribution in [2.24, 2.45) is 0 Å². The molecular formula is C19H19BrN2O6S. The van der Waals surface area contributed by atoms with Crippen molar-refractivity contribution in [3.05, 3.63) is 53.7 Å². The molecule has 29 heavy (non-hydrogen) atoms. The highest BCUT2D eigenvalue weighted by atomic mass is 79.9. The number of carbonyl (C=O) groups is 2. The van der Waals surface area contributed by atoms with Crippen LogP contribution in [0.2, 0.25) is 0 Å². The van der Waals surface area contributed by atoms with E-state index in [-0.39, 0.29) is 11.4 Å². The van der Waals surface area contributed by atoms with Crippen molar-refractivity contribution in [3.8, 4) is 0 Å². The highest BCUT2D eigenvalue weighted by molar-refractivity contribution is 9.09. The molecule has 0 bridgehead atoms. The van der Waals surface area contributed by atoms with Crippen molar-refractivity contribution >= 4 is 48.6 Å². The molecule has 0 saturated heterocycles. The SMILES string of the molecule is CC(=O)OC1=C(NS(=O)(=O)CCCBr)OC(C)(c2ccc3ccccc3n2)C1=O. The fraction of sp³-hybridized carbons (Fsp3) is 0.316. The molecule has 1 unspecified atom stereocenters. The zero-order chi connectivity index (χ0) is 21.2. The summed E-state index contributed by atoms with van der Waals surface area (Å²) in [6.07, 6.45) is 0.350. The average Bonchev–Trinajstić information content (AvgIpc) is 2.90. The van der Waals surface area contributed by atoms with Crippen molar-refractivity contribution in [1.82, 2.24) is 9.71 Å². The van der Waals surface area contributed by atoms with Crippen molar-refractivity contribution in [2.45, 2.75) is 25.9 Å². The first-order valence-electron chi connectivity index (χ1n) is 8.75. The number of aromatic nitrogens is 1. The quantitative estimate of drug-likeness (QED) is 0.476. The van der Waals surface area contributed by atoms with E-state index in [1.807, 2.05) is 18.2 Å².